The predicted octanol–water partition coefficient (Wildman–Crippen LogP) is 4.39. The molecule has 0 aliphatic carbocycles. The summed E-state index contributed by atoms with van der Waals surface area (Å²) in [7, 11) is 3.01. The lowest BCUT2D eigenvalue weighted by Crippen LogP contribution is -2.26. The number of carboxylic acids is 1. The topological polar surface area (TPSA) is 103 Å². The van der Waals surface area contributed by atoms with E-state index in [0.717, 1.165) is 0 Å². The maximum Gasteiger partial charge on any atom is 0.312 e. The Morgan fingerprint density at radius 3 is 2.31 bits per heavy atom. The number of rotatable bonds is 9. The summed E-state index contributed by atoms with van der Waals surface area (Å²) in [6.45, 7) is -0.183. The highest BCUT2D eigenvalue weighted by atomic mass is 35.5. The molecule has 0 radical (unpaired) electrons. The van der Waals surface area contributed by atoms with Crippen molar-refractivity contribution in [3.05, 3.63) is 78.9 Å². The normalized spacial score (nSPS) is 12.9. The molecule has 2 N–H and O–H groups in total. The predicted molar refractivity (Wildman–Crippen MR) is 122 cm³/mol. The zero-order chi connectivity index (χ0) is 23.4. The molecule has 0 bridgehead atoms. The Kier molecular flexibility index (Phi) is 7.84. The first kappa shape index (κ1) is 24.1. The molecule has 0 fully saturated rings. The molecule has 0 saturated carbocycles. The fourth-order valence-corrected chi connectivity index (χ4v) is 5.23. The lowest BCUT2D eigenvalue weighted by molar-refractivity contribution is -0.605. The molecule has 10 heteroatoms. The lowest BCUT2D eigenvalue weighted by Gasteiger charge is -2.25. The Labute approximate surface area is 199 Å². The number of carboxylic acid groups (broad SMARTS) is 1. The van der Waals surface area contributed by atoms with Crippen molar-refractivity contribution in [3.8, 4) is 11.5 Å². The molecule has 32 heavy (non-hydrogen) atoms. The van der Waals surface area contributed by atoms with Crippen molar-refractivity contribution in [1.82, 2.24) is 0 Å². The minimum absolute atomic E-state index is 0.143. The molecule has 3 rings (SSSR count). The Balaban J connectivity index is 2.17. The number of aliphatic hydroxyl groups is 1. The van der Waals surface area contributed by atoms with Crippen LogP contribution in [0.5, 0.6) is 11.5 Å². The van der Waals surface area contributed by atoms with Gasteiger partial charge in [-0.25, -0.2) is 0 Å². The van der Waals surface area contributed by atoms with Crippen molar-refractivity contribution in [2.75, 3.05) is 14.2 Å². The minimum atomic E-state index is -1.04. The molecule has 1 unspecified atom stereocenters. The molecule has 0 aliphatic rings. The molecule has 2 aromatic heterocycles. The third-order valence-electron chi connectivity index (χ3n) is 5.13. The smallest absolute Gasteiger partial charge is 0.312 e. The van der Waals surface area contributed by atoms with Gasteiger partial charge in [0.25, 0.3) is 0 Å². The van der Waals surface area contributed by atoms with Gasteiger partial charge >= 0.3 is 5.97 Å². The number of aliphatic carboxylic acids is 1. The number of pyridine rings is 1. The number of nitrogens with zero attached hydrogens (tertiary/aromatic N) is 1. The Bertz CT molecular complexity index is 1100. The van der Waals surface area contributed by atoms with Gasteiger partial charge in [0.15, 0.2) is 23.9 Å². The molecule has 0 amide bonds. The van der Waals surface area contributed by atoms with Gasteiger partial charge < -0.3 is 24.9 Å². The maximum absolute atomic E-state index is 12.5. The third kappa shape index (κ3) is 5.10. The van der Waals surface area contributed by atoms with Crippen LogP contribution in [0, 0.1) is 5.21 Å². The van der Waals surface area contributed by atoms with Gasteiger partial charge in [-0.3, -0.25) is 4.79 Å². The van der Waals surface area contributed by atoms with Crippen LogP contribution in [-0.4, -0.2) is 30.4 Å². The first-order valence-electron chi connectivity index (χ1n) is 9.49. The molecular weight excluding hydrogens is 477 g/mol. The summed E-state index contributed by atoms with van der Waals surface area (Å²) in [5.41, 5.74) is 1.13. The standard InChI is InChI=1S/C22H21Cl2NO6S/c1-30-18-5-3-12(7-19(18)31-2)14(8-15-16(23)9-25(29)10-17(15)24)21(22(27)28)20-6-4-13(11-26)32-20/h3-7,9-10,14,21,26H,8,11H2,1-2H3,(H,27,28)/t14-,21?/m1/s1. The molecule has 2 heterocycles. The first-order valence-corrected chi connectivity index (χ1v) is 11.1. The second-order valence-electron chi connectivity index (χ2n) is 7.00. The summed E-state index contributed by atoms with van der Waals surface area (Å²) in [6.07, 6.45) is 2.51. The van der Waals surface area contributed by atoms with Crippen LogP contribution >= 0.6 is 34.5 Å². The molecule has 0 spiro atoms. The average Bonchev–Trinajstić information content (AvgIpc) is 3.23. The van der Waals surface area contributed by atoms with Crippen molar-refractivity contribution >= 4 is 40.5 Å². The summed E-state index contributed by atoms with van der Waals surface area (Å²) in [5, 5.41) is 31.6. The van der Waals surface area contributed by atoms with E-state index in [2.05, 4.69) is 0 Å². The van der Waals surface area contributed by atoms with Gasteiger partial charge in [-0.15, -0.1) is 11.3 Å². The monoisotopic (exact) mass is 497 g/mol. The average molecular weight is 498 g/mol. The molecule has 1 aromatic carbocycles. The van der Waals surface area contributed by atoms with Crippen molar-refractivity contribution < 1.29 is 29.2 Å². The molecular formula is C22H21Cl2NO6S. The quantitative estimate of drug-likeness (QED) is 0.335. The second-order valence-corrected chi connectivity index (χ2v) is 9.01. The SMILES string of the molecule is COc1ccc([C@@H](Cc2c(Cl)c[n+]([O-])cc2Cl)C(C(=O)O)c2ccc(CO)s2)cc1OC. The molecule has 7 nitrogen and oxygen atoms in total. The summed E-state index contributed by atoms with van der Waals surface area (Å²) >= 11 is 13.8. The van der Waals surface area contributed by atoms with E-state index in [4.69, 9.17) is 32.7 Å². The van der Waals surface area contributed by atoms with E-state index in [1.165, 1.54) is 38.0 Å². The van der Waals surface area contributed by atoms with Crippen LogP contribution in [-0.2, 0) is 17.8 Å². The number of methoxy groups -OCH3 is 2. The summed E-state index contributed by atoms with van der Waals surface area (Å²) in [6, 6.07) is 8.58. The number of carbonyl (C=O) groups is 1. The van der Waals surface area contributed by atoms with E-state index in [0.29, 0.717) is 37.1 Å². The van der Waals surface area contributed by atoms with E-state index in [9.17, 15) is 20.2 Å². The van der Waals surface area contributed by atoms with E-state index >= 15 is 0 Å². The van der Waals surface area contributed by atoms with E-state index in [1.54, 1.807) is 30.3 Å². The number of hydrogen-bond donors (Lipinski definition) is 2. The van der Waals surface area contributed by atoms with Gasteiger partial charge in [-0.1, -0.05) is 29.3 Å². The molecule has 3 aromatic rings. The van der Waals surface area contributed by atoms with E-state index in [1.807, 2.05) is 0 Å². The van der Waals surface area contributed by atoms with Gasteiger partial charge in [-0.2, -0.15) is 4.73 Å². The van der Waals surface area contributed by atoms with Crippen LogP contribution in [0.15, 0.2) is 42.7 Å². The zero-order valence-electron chi connectivity index (χ0n) is 17.2. The number of halogens is 2. The Morgan fingerprint density at radius 2 is 1.78 bits per heavy atom. The van der Waals surface area contributed by atoms with Crippen molar-refractivity contribution in [2.45, 2.75) is 24.9 Å². The zero-order valence-corrected chi connectivity index (χ0v) is 19.6. The second kappa shape index (κ2) is 10.4. The van der Waals surface area contributed by atoms with Crippen LogP contribution < -0.4 is 14.2 Å². The number of hydrogen-bond acceptors (Lipinski definition) is 6. The van der Waals surface area contributed by atoms with Gasteiger partial charge in [0.05, 0.1) is 26.7 Å². The summed E-state index contributed by atoms with van der Waals surface area (Å²) in [5.74, 6) is -1.67. The summed E-state index contributed by atoms with van der Waals surface area (Å²) in [4.78, 5) is 13.7. The van der Waals surface area contributed by atoms with Crippen molar-refractivity contribution in [2.24, 2.45) is 0 Å². The van der Waals surface area contributed by atoms with Crippen molar-refractivity contribution in [1.29, 1.82) is 0 Å². The van der Waals surface area contributed by atoms with Gasteiger partial charge in [0.1, 0.15) is 10.0 Å². The Morgan fingerprint density at radius 1 is 1.12 bits per heavy atom. The number of aliphatic hydroxyl groups excluding tert-OH is 1. The van der Waals surface area contributed by atoms with Gasteiger partial charge in [-0.05, 0) is 36.2 Å². The minimum Gasteiger partial charge on any atom is -0.619 e. The number of ether oxygens (including phenoxy) is 2. The van der Waals surface area contributed by atoms with Crippen LogP contribution in [0.1, 0.15) is 32.7 Å². The van der Waals surface area contributed by atoms with E-state index < -0.39 is 17.8 Å². The van der Waals surface area contributed by atoms with Gasteiger partial charge in [0.2, 0.25) is 0 Å². The molecule has 0 aliphatic heterocycles. The Hall–Kier alpha value is -2.52. The molecule has 2 atom stereocenters. The fraction of sp³-hybridized carbons (Fsp3) is 0.273. The van der Waals surface area contributed by atoms with Crippen LogP contribution in [0.2, 0.25) is 10.0 Å². The van der Waals surface area contributed by atoms with Crippen LogP contribution in [0.4, 0.5) is 0 Å². The highest BCUT2D eigenvalue weighted by molar-refractivity contribution is 7.12. The highest BCUT2D eigenvalue weighted by Gasteiger charge is 2.34. The maximum atomic E-state index is 12.5. The number of aromatic nitrogens is 1. The summed E-state index contributed by atoms with van der Waals surface area (Å²) < 4.78 is 11.2. The highest BCUT2D eigenvalue weighted by Crippen LogP contribution is 2.43. The fourth-order valence-electron chi connectivity index (χ4n) is 3.60. The van der Waals surface area contributed by atoms with Crippen LogP contribution in [0.3, 0.4) is 0 Å². The molecule has 170 valence electrons. The third-order valence-corrected chi connectivity index (χ3v) is 6.94. The van der Waals surface area contributed by atoms with E-state index in [-0.39, 0.29) is 23.1 Å². The van der Waals surface area contributed by atoms with Crippen molar-refractivity contribution in [3.63, 3.8) is 0 Å². The molecule has 0 saturated heterocycles. The number of thiophene rings is 1. The largest absolute Gasteiger partial charge is 0.619 e. The van der Waals surface area contributed by atoms with Crippen LogP contribution in [0.25, 0.3) is 0 Å². The first-order chi connectivity index (χ1) is 15.3. The van der Waals surface area contributed by atoms with Gasteiger partial charge in [0, 0.05) is 21.2 Å². The number of benzene rings is 1. The lowest BCUT2D eigenvalue weighted by atomic mass is 9.80.